The highest BCUT2D eigenvalue weighted by Crippen LogP contribution is 2.27. The number of aldehydes is 1. The Morgan fingerprint density at radius 2 is 1.87 bits per heavy atom. The Morgan fingerprint density at radius 1 is 1.27 bits per heavy atom. The third kappa shape index (κ3) is 3.08. The number of rotatable bonds is 5. The molecule has 0 aliphatic rings. The highest BCUT2D eigenvalue weighted by molar-refractivity contribution is 5.53. The van der Waals surface area contributed by atoms with E-state index < -0.39 is 0 Å². The Morgan fingerprint density at radius 3 is 2.33 bits per heavy atom. The molecule has 0 amide bonds. The maximum absolute atomic E-state index is 10.5. The number of carbonyl (C=O) groups excluding carboxylic acids is 1. The molecule has 0 radical (unpaired) electrons. The largest absolute Gasteiger partial charge is 0.494 e. The van der Waals surface area contributed by atoms with Crippen molar-refractivity contribution in [1.29, 1.82) is 0 Å². The molecule has 1 rings (SSSR count). The van der Waals surface area contributed by atoms with Crippen molar-refractivity contribution >= 4 is 6.29 Å². The first-order valence-electron chi connectivity index (χ1n) is 5.27. The van der Waals surface area contributed by atoms with Gasteiger partial charge in [-0.2, -0.15) is 0 Å². The van der Waals surface area contributed by atoms with E-state index in [1.165, 1.54) is 0 Å². The summed E-state index contributed by atoms with van der Waals surface area (Å²) >= 11 is 0. The molecule has 0 unspecified atom stereocenters. The second kappa shape index (κ2) is 4.96. The smallest absolute Gasteiger partial charge is 0.120 e. The van der Waals surface area contributed by atoms with E-state index in [9.17, 15) is 4.79 Å². The third-order valence-corrected chi connectivity index (χ3v) is 2.54. The molecule has 0 aromatic heterocycles. The molecule has 2 nitrogen and oxygen atoms in total. The Kier molecular flexibility index (Phi) is 3.89. The molecule has 0 heterocycles. The second-order valence-electron chi connectivity index (χ2n) is 4.21. The van der Waals surface area contributed by atoms with Crippen molar-refractivity contribution in [3.8, 4) is 5.75 Å². The van der Waals surface area contributed by atoms with Gasteiger partial charge >= 0.3 is 0 Å². The first-order chi connectivity index (χ1) is 7.10. The van der Waals surface area contributed by atoms with Crippen molar-refractivity contribution in [2.24, 2.45) is 0 Å². The Balaban J connectivity index is 2.83. The fourth-order valence-corrected chi connectivity index (χ4v) is 1.50. The molecule has 1 aromatic carbocycles. The zero-order valence-corrected chi connectivity index (χ0v) is 9.62. The lowest BCUT2D eigenvalue weighted by Gasteiger charge is -2.22. The van der Waals surface area contributed by atoms with Gasteiger partial charge in [-0.3, -0.25) is 0 Å². The molecular weight excluding hydrogens is 188 g/mol. The molecule has 0 bridgehead atoms. The molecule has 2 heteroatoms. The predicted molar refractivity (Wildman–Crippen MR) is 61.3 cm³/mol. The van der Waals surface area contributed by atoms with Crippen LogP contribution in [0.3, 0.4) is 0 Å². The van der Waals surface area contributed by atoms with Crippen LogP contribution in [-0.4, -0.2) is 12.9 Å². The first kappa shape index (κ1) is 11.8. The lowest BCUT2D eigenvalue weighted by atomic mass is 9.82. The van der Waals surface area contributed by atoms with Gasteiger partial charge in [0.1, 0.15) is 12.0 Å². The van der Waals surface area contributed by atoms with Crippen molar-refractivity contribution in [1.82, 2.24) is 0 Å². The molecule has 0 aliphatic heterocycles. The number of hydrogen-bond acceptors (Lipinski definition) is 2. The van der Waals surface area contributed by atoms with E-state index in [0.29, 0.717) is 13.0 Å². The van der Waals surface area contributed by atoms with E-state index in [2.05, 4.69) is 13.8 Å². The van der Waals surface area contributed by atoms with Gasteiger partial charge in [0.05, 0.1) is 6.61 Å². The highest BCUT2D eigenvalue weighted by Gasteiger charge is 2.19. The van der Waals surface area contributed by atoms with Crippen molar-refractivity contribution < 1.29 is 9.53 Å². The molecule has 0 N–H and O–H groups in total. The van der Waals surface area contributed by atoms with Gasteiger partial charge in [0.2, 0.25) is 0 Å². The summed E-state index contributed by atoms with van der Waals surface area (Å²) in [6, 6.07) is 7.94. The van der Waals surface area contributed by atoms with Crippen LogP contribution in [0.1, 0.15) is 32.8 Å². The molecule has 0 saturated carbocycles. The Bertz CT molecular complexity index is 312. The van der Waals surface area contributed by atoms with Crippen LogP contribution in [0, 0.1) is 0 Å². The van der Waals surface area contributed by atoms with Crippen molar-refractivity contribution in [2.45, 2.75) is 32.6 Å². The average Bonchev–Trinajstić information content (AvgIpc) is 2.19. The SMILES string of the molecule is CCOc1ccc(C(C)(C)CC=O)cc1. The summed E-state index contributed by atoms with van der Waals surface area (Å²) in [6.45, 7) is 6.77. The van der Waals surface area contributed by atoms with E-state index in [-0.39, 0.29) is 5.41 Å². The molecule has 0 fully saturated rings. The van der Waals surface area contributed by atoms with Gasteiger partial charge in [-0.1, -0.05) is 26.0 Å². The van der Waals surface area contributed by atoms with E-state index in [1.807, 2.05) is 31.2 Å². The average molecular weight is 206 g/mol. The van der Waals surface area contributed by atoms with Crippen LogP contribution >= 0.6 is 0 Å². The summed E-state index contributed by atoms with van der Waals surface area (Å²) in [6.07, 6.45) is 1.51. The fraction of sp³-hybridized carbons (Fsp3) is 0.462. The van der Waals surface area contributed by atoms with Crippen molar-refractivity contribution in [2.75, 3.05) is 6.61 Å². The summed E-state index contributed by atoms with van der Waals surface area (Å²) < 4.78 is 5.36. The van der Waals surface area contributed by atoms with Crippen LogP contribution in [0.2, 0.25) is 0 Å². The summed E-state index contributed by atoms with van der Waals surface area (Å²) in [5, 5.41) is 0. The summed E-state index contributed by atoms with van der Waals surface area (Å²) in [4.78, 5) is 10.5. The van der Waals surface area contributed by atoms with Crippen LogP contribution < -0.4 is 4.74 Å². The van der Waals surface area contributed by atoms with Gasteiger partial charge in [0.25, 0.3) is 0 Å². The summed E-state index contributed by atoms with van der Waals surface area (Å²) in [5.74, 6) is 0.878. The highest BCUT2D eigenvalue weighted by atomic mass is 16.5. The minimum atomic E-state index is -0.0908. The first-order valence-corrected chi connectivity index (χ1v) is 5.27. The molecule has 0 spiro atoms. The number of benzene rings is 1. The number of carbonyl (C=O) groups is 1. The number of hydrogen-bond donors (Lipinski definition) is 0. The minimum absolute atomic E-state index is 0.0908. The van der Waals surface area contributed by atoms with Crippen LogP contribution in [0.15, 0.2) is 24.3 Å². The fourth-order valence-electron chi connectivity index (χ4n) is 1.50. The lowest BCUT2D eigenvalue weighted by Crippen LogP contribution is -2.17. The van der Waals surface area contributed by atoms with Gasteiger partial charge in [-0.25, -0.2) is 0 Å². The van der Waals surface area contributed by atoms with Gasteiger partial charge in [0, 0.05) is 6.42 Å². The summed E-state index contributed by atoms with van der Waals surface area (Å²) in [5.41, 5.74) is 1.07. The van der Waals surface area contributed by atoms with Crippen LogP contribution in [0.25, 0.3) is 0 Å². The van der Waals surface area contributed by atoms with E-state index in [1.54, 1.807) is 0 Å². The quantitative estimate of drug-likeness (QED) is 0.692. The van der Waals surface area contributed by atoms with E-state index >= 15 is 0 Å². The van der Waals surface area contributed by atoms with Crippen LogP contribution in [0.5, 0.6) is 5.75 Å². The van der Waals surface area contributed by atoms with E-state index in [4.69, 9.17) is 4.74 Å². The molecule has 15 heavy (non-hydrogen) atoms. The maximum Gasteiger partial charge on any atom is 0.120 e. The van der Waals surface area contributed by atoms with Crippen molar-refractivity contribution in [3.05, 3.63) is 29.8 Å². The Hall–Kier alpha value is -1.31. The zero-order valence-electron chi connectivity index (χ0n) is 9.62. The minimum Gasteiger partial charge on any atom is -0.494 e. The van der Waals surface area contributed by atoms with Gasteiger partial charge in [-0.15, -0.1) is 0 Å². The second-order valence-corrected chi connectivity index (χ2v) is 4.21. The van der Waals surface area contributed by atoms with Crippen LogP contribution in [-0.2, 0) is 10.2 Å². The van der Waals surface area contributed by atoms with Gasteiger partial charge in [0.15, 0.2) is 0 Å². The molecular formula is C13H18O2. The van der Waals surface area contributed by atoms with Gasteiger partial charge < -0.3 is 9.53 Å². The summed E-state index contributed by atoms with van der Waals surface area (Å²) in [7, 11) is 0. The van der Waals surface area contributed by atoms with E-state index in [0.717, 1.165) is 17.6 Å². The molecule has 1 aromatic rings. The molecule has 0 aliphatic carbocycles. The predicted octanol–water partition coefficient (Wildman–Crippen LogP) is 2.95. The standard InChI is InChI=1S/C13H18O2/c1-4-15-12-7-5-11(6-8-12)13(2,3)9-10-14/h5-8,10H,4,9H2,1-3H3. The Labute approximate surface area is 91.3 Å². The van der Waals surface area contributed by atoms with Gasteiger partial charge in [-0.05, 0) is 30.0 Å². The third-order valence-electron chi connectivity index (χ3n) is 2.54. The zero-order chi connectivity index (χ0) is 11.3. The topological polar surface area (TPSA) is 26.3 Å². The maximum atomic E-state index is 10.5. The van der Waals surface area contributed by atoms with Crippen LogP contribution in [0.4, 0.5) is 0 Å². The normalized spacial score (nSPS) is 11.1. The van der Waals surface area contributed by atoms with Crippen molar-refractivity contribution in [3.63, 3.8) is 0 Å². The number of ether oxygens (including phenoxy) is 1. The molecule has 82 valence electrons. The molecule has 0 atom stereocenters. The molecule has 0 saturated heterocycles. The lowest BCUT2D eigenvalue weighted by molar-refractivity contribution is -0.108. The monoisotopic (exact) mass is 206 g/mol.